The first kappa shape index (κ1) is 18.5. The van der Waals surface area contributed by atoms with Crippen molar-refractivity contribution in [2.45, 2.75) is 33.2 Å². The summed E-state index contributed by atoms with van der Waals surface area (Å²) in [6.45, 7) is 9.28. The van der Waals surface area contributed by atoms with E-state index >= 15 is 0 Å². The SMILES string of the molecule is CCOCCOc1ccc(C(C)NCCc2ccccc2C)cc1. The van der Waals surface area contributed by atoms with Gasteiger partial charge >= 0.3 is 0 Å². The van der Waals surface area contributed by atoms with Gasteiger partial charge in [-0.05, 0) is 62.6 Å². The molecule has 0 fully saturated rings. The van der Waals surface area contributed by atoms with Gasteiger partial charge in [-0.3, -0.25) is 0 Å². The second kappa shape index (κ2) is 10.1. The first-order chi connectivity index (χ1) is 11.7. The predicted molar refractivity (Wildman–Crippen MR) is 99.7 cm³/mol. The maximum atomic E-state index is 5.65. The van der Waals surface area contributed by atoms with Gasteiger partial charge in [-0.25, -0.2) is 0 Å². The van der Waals surface area contributed by atoms with Crippen molar-refractivity contribution in [3.05, 3.63) is 65.2 Å². The normalized spacial score (nSPS) is 12.1. The maximum Gasteiger partial charge on any atom is 0.119 e. The van der Waals surface area contributed by atoms with Crippen molar-refractivity contribution in [2.75, 3.05) is 26.4 Å². The minimum absolute atomic E-state index is 0.325. The smallest absolute Gasteiger partial charge is 0.119 e. The first-order valence-corrected chi connectivity index (χ1v) is 8.79. The van der Waals surface area contributed by atoms with Crippen LogP contribution in [0.4, 0.5) is 0 Å². The molecule has 130 valence electrons. The fourth-order valence-corrected chi connectivity index (χ4v) is 2.65. The molecule has 0 saturated heterocycles. The Morgan fingerprint density at radius 2 is 1.75 bits per heavy atom. The Morgan fingerprint density at radius 1 is 1.00 bits per heavy atom. The van der Waals surface area contributed by atoms with Crippen molar-refractivity contribution in [1.82, 2.24) is 5.32 Å². The minimum Gasteiger partial charge on any atom is -0.491 e. The van der Waals surface area contributed by atoms with Crippen molar-refractivity contribution in [1.29, 1.82) is 0 Å². The lowest BCUT2D eigenvalue weighted by atomic mass is 10.0. The standard InChI is InChI=1S/C21H29NO2/c1-4-23-15-16-24-21-11-9-20(10-12-21)18(3)22-14-13-19-8-6-5-7-17(19)2/h5-12,18,22H,4,13-16H2,1-3H3. The Balaban J connectivity index is 1.75. The Labute approximate surface area is 146 Å². The summed E-state index contributed by atoms with van der Waals surface area (Å²) in [6.07, 6.45) is 1.05. The largest absolute Gasteiger partial charge is 0.491 e. The Morgan fingerprint density at radius 3 is 2.46 bits per heavy atom. The van der Waals surface area contributed by atoms with Crippen LogP contribution < -0.4 is 10.1 Å². The van der Waals surface area contributed by atoms with Crippen LogP contribution in [0, 0.1) is 6.92 Å². The summed E-state index contributed by atoms with van der Waals surface area (Å²) in [5.74, 6) is 0.894. The van der Waals surface area contributed by atoms with Crippen molar-refractivity contribution in [3.63, 3.8) is 0 Å². The van der Waals surface area contributed by atoms with E-state index in [9.17, 15) is 0 Å². The van der Waals surface area contributed by atoms with Crippen LogP contribution in [0.25, 0.3) is 0 Å². The van der Waals surface area contributed by atoms with Crippen LogP contribution in [-0.2, 0) is 11.2 Å². The number of aryl methyl sites for hydroxylation is 1. The molecule has 0 amide bonds. The fourth-order valence-electron chi connectivity index (χ4n) is 2.65. The average molecular weight is 327 g/mol. The lowest BCUT2D eigenvalue weighted by Gasteiger charge is -2.15. The second-order valence-corrected chi connectivity index (χ2v) is 5.97. The van der Waals surface area contributed by atoms with E-state index in [1.807, 2.05) is 19.1 Å². The third-order valence-electron chi connectivity index (χ3n) is 4.19. The molecule has 2 aromatic rings. The van der Waals surface area contributed by atoms with Crippen LogP contribution in [0.5, 0.6) is 5.75 Å². The summed E-state index contributed by atoms with van der Waals surface area (Å²) in [5, 5.41) is 3.59. The van der Waals surface area contributed by atoms with Crippen molar-refractivity contribution in [3.8, 4) is 5.75 Å². The summed E-state index contributed by atoms with van der Waals surface area (Å²) in [6, 6.07) is 17.2. The Bertz CT molecular complexity index is 595. The van der Waals surface area contributed by atoms with Gasteiger partial charge in [0.15, 0.2) is 0 Å². The minimum atomic E-state index is 0.325. The van der Waals surface area contributed by atoms with E-state index < -0.39 is 0 Å². The molecule has 0 aliphatic rings. The molecule has 0 saturated carbocycles. The van der Waals surface area contributed by atoms with Gasteiger partial charge in [-0.2, -0.15) is 0 Å². The van der Waals surface area contributed by atoms with E-state index in [4.69, 9.17) is 9.47 Å². The third-order valence-corrected chi connectivity index (χ3v) is 4.19. The number of hydrogen-bond acceptors (Lipinski definition) is 3. The highest BCUT2D eigenvalue weighted by Crippen LogP contribution is 2.18. The highest BCUT2D eigenvalue weighted by molar-refractivity contribution is 5.29. The molecule has 0 spiro atoms. The molecule has 3 heteroatoms. The predicted octanol–water partition coefficient (Wildman–Crippen LogP) is 4.30. The summed E-state index contributed by atoms with van der Waals surface area (Å²) >= 11 is 0. The van der Waals surface area contributed by atoms with Crippen molar-refractivity contribution < 1.29 is 9.47 Å². The average Bonchev–Trinajstić information content (AvgIpc) is 2.61. The molecule has 0 aliphatic heterocycles. The zero-order valence-corrected chi connectivity index (χ0v) is 15.0. The van der Waals surface area contributed by atoms with Crippen LogP contribution in [0.15, 0.2) is 48.5 Å². The lowest BCUT2D eigenvalue weighted by molar-refractivity contribution is 0.110. The van der Waals surface area contributed by atoms with Gasteiger partial charge in [0.25, 0.3) is 0 Å². The van der Waals surface area contributed by atoms with E-state index in [1.54, 1.807) is 0 Å². The van der Waals surface area contributed by atoms with E-state index in [1.165, 1.54) is 16.7 Å². The van der Waals surface area contributed by atoms with E-state index in [2.05, 4.69) is 55.6 Å². The zero-order chi connectivity index (χ0) is 17.2. The van der Waals surface area contributed by atoms with Gasteiger partial charge < -0.3 is 14.8 Å². The highest BCUT2D eigenvalue weighted by Gasteiger charge is 2.05. The van der Waals surface area contributed by atoms with Crippen LogP contribution >= 0.6 is 0 Å². The Hall–Kier alpha value is -1.84. The molecule has 0 aliphatic carbocycles. The fraction of sp³-hybridized carbons (Fsp3) is 0.429. The molecule has 2 aromatic carbocycles. The van der Waals surface area contributed by atoms with Gasteiger partial charge in [-0.15, -0.1) is 0 Å². The zero-order valence-electron chi connectivity index (χ0n) is 15.0. The van der Waals surface area contributed by atoms with Crippen LogP contribution in [0.3, 0.4) is 0 Å². The molecular weight excluding hydrogens is 298 g/mol. The molecule has 24 heavy (non-hydrogen) atoms. The van der Waals surface area contributed by atoms with Gasteiger partial charge in [0.2, 0.25) is 0 Å². The van der Waals surface area contributed by atoms with Crippen molar-refractivity contribution >= 4 is 0 Å². The molecule has 0 heterocycles. The maximum absolute atomic E-state index is 5.65. The van der Waals surface area contributed by atoms with Crippen LogP contribution in [-0.4, -0.2) is 26.4 Å². The van der Waals surface area contributed by atoms with Gasteiger partial charge in [0.05, 0.1) is 6.61 Å². The molecule has 2 rings (SSSR count). The summed E-state index contributed by atoms with van der Waals surface area (Å²) in [7, 11) is 0. The number of ether oxygens (including phenoxy) is 2. The van der Waals surface area contributed by atoms with E-state index in [0.29, 0.717) is 19.3 Å². The molecule has 3 nitrogen and oxygen atoms in total. The summed E-state index contributed by atoms with van der Waals surface area (Å²) < 4.78 is 10.9. The molecule has 0 bridgehead atoms. The Kier molecular flexibility index (Phi) is 7.80. The number of benzene rings is 2. The van der Waals surface area contributed by atoms with E-state index in [-0.39, 0.29) is 0 Å². The van der Waals surface area contributed by atoms with Gasteiger partial charge in [0, 0.05) is 12.6 Å². The lowest BCUT2D eigenvalue weighted by Crippen LogP contribution is -2.21. The topological polar surface area (TPSA) is 30.5 Å². The quantitative estimate of drug-likeness (QED) is 0.660. The number of hydrogen-bond donors (Lipinski definition) is 1. The molecular formula is C21H29NO2. The summed E-state index contributed by atoms with van der Waals surface area (Å²) in [4.78, 5) is 0. The van der Waals surface area contributed by atoms with Crippen LogP contribution in [0.1, 0.15) is 36.6 Å². The molecule has 0 radical (unpaired) electrons. The number of rotatable bonds is 10. The van der Waals surface area contributed by atoms with Gasteiger partial charge in [0.1, 0.15) is 12.4 Å². The molecule has 0 aromatic heterocycles. The van der Waals surface area contributed by atoms with E-state index in [0.717, 1.165) is 25.3 Å². The third kappa shape index (κ3) is 5.99. The second-order valence-electron chi connectivity index (χ2n) is 5.97. The number of nitrogens with one attached hydrogen (secondary N) is 1. The van der Waals surface area contributed by atoms with Crippen LogP contribution in [0.2, 0.25) is 0 Å². The monoisotopic (exact) mass is 327 g/mol. The summed E-state index contributed by atoms with van der Waals surface area (Å²) in [5.41, 5.74) is 4.05. The molecule has 1 N–H and O–H groups in total. The molecule has 1 atom stereocenters. The van der Waals surface area contributed by atoms with Gasteiger partial charge in [-0.1, -0.05) is 36.4 Å². The first-order valence-electron chi connectivity index (χ1n) is 8.79. The molecule has 1 unspecified atom stereocenters. The highest BCUT2D eigenvalue weighted by atomic mass is 16.5. The van der Waals surface area contributed by atoms with Crippen molar-refractivity contribution in [2.24, 2.45) is 0 Å².